The fourth-order valence-corrected chi connectivity index (χ4v) is 3.37. The highest BCUT2D eigenvalue weighted by molar-refractivity contribution is 7.13. The van der Waals surface area contributed by atoms with Crippen molar-refractivity contribution in [2.24, 2.45) is 0 Å². The van der Waals surface area contributed by atoms with Crippen LogP contribution in [-0.2, 0) is 17.9 Å². The minimum absolute atomic E-state index is 0.0228. The van der Waals surface area contributed by atoms with Crippen LogP contribution in [0, 0.1) is 0 Å². The van der Waals surface area contributed by atoms with Crippen LogP contribution in [0.3, 0.4) is 0 Å². The third-order valence-electron chi connectivity index (χ3n) is 4.34. The third kappa shape index (κ3) is 2.52. The van der Waals surface area contributed by atoms with E-state index in [0.717, 1.165) is 24.7 Å². The Morgan fingerprint density at radius 2 is 2.27 bits per heavy atom. The first-order chi connectivity index (χ1) is 10.7. The van der Waals surface area contributed by atoms with Crippen molar-refractivity contribution in [3.05, 3.63) is 23.2 Å². The molecule has 0 spiro atoms. The summed E-state index contributed by atoms with van der Waals surface area (Å²) in [7, 11) is 0. The lowest BCUT2D eigenvalue weighted by atomic mass is 10.2. The first kappa shape index (κ1) is 13.8. The van der Waals surface area contributed by atoms with Crippen molar-refractivity contribution in [2.75, 3.05) is 11.9 Å². The molecule has 0 unspecified atom stereocenters. The van der Waals surface area contributed by atoms with Crippen LogP contribution in [0.5, 0.6) is 0 Å². The Kier molecular flexibility index (Phi) is 3.42. The van der Waals surface area contributed by atoms with Gasteiger partial charge in [0.15, 0.2) is 5.13 Å². The van der Waals surface area contributed by atoms with Gasteiger partial charge in [-0.3, -0.25) is 9.69 Å². The second kappa shape index (κ2) is 5.44. The average Bonchev–Trinajstić information content (AvgIpc) is 3.08. The SMILES string of the molecule is C[C@@H](C(=O)Nc1nccs1)N1CCn2c(nnc2C2CC2)C1. The predicted octanol–water partition coefficient (Wildman–Crippen LogP) is 1.45. The van der Waals surface area contributed by atoms with Crippen molar-refractivity contribution >= 4 is 22.4 Å². The van der Waals surface area contributed by atoms with Gasteiger partial charge in [0.2, 0.25) is 5.91 Å². The topological polar surface area (TPSA) is 75.9 Å². The van der Waals surface area contributed by atoms with Gasteiger partial charge in [-0.2, -0.15) is 0 Å². The van der Waals surface area contributed by atoms with Gasteiger partial charge >= 0.3 is 0 Å². The molecule has 1 aliphatic carbocycles. The smallest absolute Gasteiger partial charge is 0.243 e. The molecule has 1 saturated carbocycles. The predicted molar refractivity (Wildman–Crippen MR) is 82.6 cm³/mol. The highest BCUT2D eigenvalue weighted by Crippen LogP contribution is 2.39. The average molecular weight is 318 g/mol. The molecule has 0 aromatic carbocycles. The van der Waals surface area contributed by atoms with Gasteiger partial charge in [0.05, 0.1) is 12.6 Å². The van der Waals surface area contributed by atoms with Crippen molar-refractivity contribution in [1.82, 2.24) is 24.6 Å². The van der Waals surface area contributed by atoms with Crippen LogP contribution in [0.4, 0.5) is 5.13 Å². The molecule has 22 heavy (non-hydrogen) atoms. The molecule has 0 radical (unpaired) electrons. The number of aromatic nitrogens is 4. The highest BCUT2D eigenvalue weighted by atomic mass is 32.1. The maximum atomic E-state index is 12.3. The van der Waals surface area contributed by atoms with Crippen LogP contribution in [0.2, 0.25) is 0 Å². The minimum atomic E-state index is -0.210. The maximum Gasteiger partial charge on any atom is 0.243 e. The number of rotatable bonds is 4. The molecule has 8 heteroatoms. The number of thiazole rings is 1. The summed E-state index contributed by atoms with van der Waals surface area (Å²) in [6.45, 7) is 4.31. The molecular weight excluding hydrogens is 300 g/mol. The number of amides is 1. The molecule has 1 fully saturated rings. The number of carbonyl (C=O) groups excluding carboxylic acids is 1. The first-order valence-electron chi connectivity index (χ1n) is 7.59. The number of hydrogen-bond donors (Lipinski definition) is 1. The Morgan fingerprint density at radius 1 is 1.41 bits per heavy atom. The lowest BCUT2D eigenvalue weighted by Crippen LogP contribution is -2.46. The summed E-state index contributed by atoms with van der Waals surface area (Å²) in [6, 6.07) is -0.210. The second-order valence-corrected chi connectivity index (χ2v) is 6.77. The summed E-state index contributed by atoms with van der Waals surface area (Å²) in [5, 5.41) is 14.0. The van der Waals surface area contributed by atoms with Gasteiger partial charge in [0, 0.05) is 30.6 Å². The van der Waals surface area contributed by atoms with Crippen molar-refractivity contribution in [1.29, 1.82) is 0 Å². The molecule has 7 nitrogen and oxygen atoms in total. The summed E-state index contributed by atoms with van der Waals surface area (Å²) in [4.78, 5) is 18.5. The van der Waals surface area contributed by atoms with E-state index in [-0.39, 0.29) is 11.9 Å². The molecule has 1 atom stereocenters. The summed E-state index contributed by atoms with van der Waals surface area (Å²) in [5.41, 5.74) is 0. The van der Waals surface area contributed by atoms with Gasteiger partial charge in [-0.05, 0) is 19.8 Å². The molecule has 3 heterocycles. The third-order valence-corrected chi connectivity index (χ3v) is 5.03. The second-order valence-electron chi connectivity index (χ2n) is 5.87. The van der Waals surface area contributed by atoms with E-state index in [1.165, 1.54) is 24.2 Å². The van der Waals surface area contributed by atoms with Gasteiger partial charge in [0.25, 0.3) is 0 Å². The largest absolute Gasteiger partial charge is 0.312 e. The van der Waals surface area contributed by atoms with Crippen LogP contribution >= 0.6 is 11.3 Å². The fraction of sp³-hybridized carbons (Fsp3) is 0.571. The Morgan fingerprint density at radius 3 is 3.00 bits per heavy atom. The molecule has 0 saturated heterocycles. The van der Waals surface area contributed by atoms with Crippen molar-refractivity contribution in [3.8, 4) is 0 Å². The summed E-state index contributed by atoms with van der Waals surface area (Å²) in [5.74, 6) is 2.69. The quantitative estimate of drug-likeness (QED) is 0.923. The van der Waals surface area contributed by atoms with Crippen LogP contribution < -0.4 is 5.32 Å². The Balaban J connectivity index is 1.43. The molecule has 0 bridgehead atoms. The summed E-state index contributed by atoms with van der Waals surface area (Å²) in [6.07, 6.45) is 4.15. The lowest BCUT2D eigenvalue weighted by Gasteiger charge is -2.31. The van der Waals surface area contributed by atoms with Crippen LogP contribution in [-0.4, -0.2) is 43.1 Å². The van der Waals surface area contributed by atoms with Crippen molar-refractivity contribution < 1.29 is 4.79 Å². The van der Waals surface area contributed by atoms with E-state index in [1.807, 2.05) is 12.3 Å². The maximum absolute atomic E-state index is 12.3. The number of fused-ring (bicyclic) bond motifs is 1. The zero-order chi connectivity index (χ0) is 15.1. The normalized spacial score (nSPS) is 19.7. The van der Waals surface area contributed by atoms with Gasteiger partial charge in [-0.1, -0.05) is 0 Å². The van der Waals surface area contributed by atoms with Crippen molar-refractivity contribution in [3.63, 3.8) is 0 Å². The molecule has 4 rings (SSSR count). The lowest BCUT2D eigenvalue weighted by molar-refractivity contribution is -0.121. The molecule has 2 aliphatic rings. The molecule has 1 aliphatic heterocycles. The van der Waals surface area contributed by atoms with Gasteiger partial charge in [-0.25, -0.2) is 4.98 Å². The Bertz CT molecular complexity index is 678. The number of anilines is 1. The van der Waals surface area contributed by atoms with Crippen LogP contribution in [0.25, 0.3) is 0 Å². The Labute approximate surface area is 132 Å². The van der Waals surface area contributed by atoms with Crippen LogP contribution in [0.15, 0.2) is 11.6 Å². The minimum Gasteiger partial charge on any atom is -0.312 e. The van der Waals surface area contributed by atoms with Crippen molar-refractivity contribution in [2.45, 2.75) is 44.8 Å². The van der Waals surface area contributed by atoms with Gasteiger partial charge in [0.1, 0.15) is 11.6 Å². The van der Waals surface area contributed by atoms with E-state index in [4.69, 9.17) is 0 Å². The number of nitrogens with one attached hydrogen (secondary N) is 1. The zero-order valence-corrected chi connectivity index (χ0v) is 13.2. The summed E-state index contributed by atoms with van der Waals surface area (Å²) < 4.78 is 2.24. The van der Waals surface area contributed by atoms with E-state index < -0.39 is 0 Å². The Hall–Kier alpha value is -1.80. The van der Waals surface area contributed by atoms with Gasteiger partial charge < -0.3 is 9.88 Å². The fourth-order valence-electron chi connectivity index (χ4n) is 2.83. The number of nitrogens with zero attached hydrogens (tertiary/aromatic N) is 5. The monoisotopic (exact) mass is 318 g/mol. The molecule has 2 aromatic heterocycles. The van der Waals surface area contributed by atoms with E-state index in [0.29, 0.717) is 17.6 Å². The van der Waals surface area contributed by atoms with E-state index in [2.05, 4.69) is 30.0 Å². The molecule has 1 amide bonds. The molecule has 1 N–H and O–H groups in total. The number of carbonyl (C=O) groups is 1. The van der Waals surface area contributed by atoms with E-state index >= 15 is 0 Å². The van der Waals surface area contributed by atoms with Gasteiger partial charge in [-0.15, -0.1) is 21.5 Å². The molecule has 2 aromatic rings. The van der Waals surface area contributed by atoms with E-state index in [9.17, 15) is 4.79 Å². The molecule has 116 valence electrons. The first-order valence-corrected chi connectivity index (χ1v) is 8.46. The van der Waals surface area contributed by atoms with E-state index in [1.54, 1.807) is 6.20 Å². The zero-order valence-electron chi connectivity index (χ0n) is 12.4. The highest BCUT2D eigenvalue weighted by Gasteiger charge is 2.33. The van der Waals surface area contributed by atoms with Crippen LogP contribution in [0.1, 0.15) is 37.3 Å². The standard InChI is InChI=1S/C14H18N6OS/c1-9(13(21)16-14-15-4-7-22-14)19-5-6-20-11(8-19)17-18-12(20)10-2-3-10/h4,7,9-10H,2-3,5-6,8H2,1H3,(H,15,16,21)/t9-/m0/s1. The molecular formula is C14H18N6OS. The summed E-state index contributed by atoms with van der Waals surface area (Å²) >= 11 is 1.43. The number of hydrogen-bond acceptors (Lipinski definition) is 6.